The van der Waals surface area contributed by atoms with Crippen LogP contribution in [0.1, 0.15) is 54.4 Å². The van der Waals surface area contributed by atoms with E-state index in [0.29, 0.717) is 6.04 Å². The Morgan fingerprint density at radius 2 is 1.88 bits per heavy atom. The molecule has 1 saturated carbocycles. The topological polar surface area (TPSA) is 105 Å². The predicted molar refractivity (Wildman–Crippen MR) is 112 cm³/mol. The molecule has 9 nitrogen and oxygen atoms in total. The van der Waals surface area contributed by atoms with E-state index in [2.05, 4.69) is 26.4 Å². The zero-order chi connectivity index (χ0) is 24.3. The lowest BCUT2D eigenvalue weighted by Gasteiger charge is -2.32. The van der Waals surface area contributed by atoms with Crippen molar-refractivity contribution in [3.05, 3.63) is 35.2 Å². The van der Waals surface area contributed by atoms with Crippen LogP contribution in [0.4, 0.5) is 13.2 Å². The number of fused-ring (bicyclic) bond motifs is 1. The third-order valence-electron chi connectivity index (χ3n) is 5.95. The first-order valence-corrected chi connectivity index (χ1v) is 10.8. The number of rotatable bonds is 4. The number of carboxylic acids is 1. The van der Waals surface area contributed by atoms with Crippen LogP contribution in [-0.2, 0) is 36.8 Å². The molecule has 2 aliphatic rings. The number of aromatic nitrogens is 4. The zero-order valence-electron chi connectivity index (χ0n) is 18.9. The largest absolute Gasteiger partial charge is 0.490 e. The number of amides is 1. The predicted octanol–water partition coefficient (Wildman–Crippen LogP) is 2.25. The van der Waals surface area contributed by atoms with E-state index in [1.165, 1.54) is 12.8 Å². The third-order valence-corrected chi connectivity index (χ3v) is 5.95. The first-order chi connectivity index (χ1) is 15.5. The Morgan fingerprint density at radius 1 is 1.24 bits per heavy atom. The molecule has 0 bridgehead atoms. The summed E-state index contributed by atoms with van der Waals surface area (Å²) < 4.78 is 35.7. The van der Waals surface area contributed by atoms with Crippen LogP contribution in [0.5, 0.6) is 0 Å². The lowest BCUT2D eigenvalue weighted by Crippen LogP contribution is -2.44. The fourth-order valence-corrected chi connectivity index (χ4v) is 4.42. The van der Waals surface area contributed by atoms with Gasteiger partial charge in [-0.25, -0.2) is 9.78 Å². The van der Waals surface area contributed by atoms with Gasteiger partial charge in [0.2, 0.25) is 5.91 Å². The SMILES string of the molecule is Cc1cc(CN2Cc3ncn(C)c3C(C(=O)NC3CCCC3)C2)n(C)n1.O=C(O)C(F)(F)F. The lowest BCUT2D eigenvalue weighted by atomic mass is 9.96. The first kappa shape index (κ1) is 24.7. The summed E-state index contributed by atoms with van der Waals surface area (Å²) in [7, 11) is 3.96. The van der Waals surface area contributed by atoms with Gasteiger partial charge in [0.05, 0.1) is 35.0 Å². The van der Waals surface area contributed by atoms with Crippen molar-refractivity contribution < 1.29 is 27.9 Å². The van der Waals surface area contributed by atoms with E-state index in [4.69, 9.17) is 9.90 Å². The number of carbonyl (C=O) groups is 2. The van der Waals surface area contributed by atoms with Crippen LogP contribution < -0.4 is 5.32 Å². The molecule has 0 aromatic carbocycles. The summed E-state index contributed by atoms with van der Waals surface area (Å²) in [5, 5.41) is 14.8. The van der Waals surface area contributed by atoms with Crippen LogP contribution in [-0.4, -0.2) is 60.0 Å². The second-order valence-electron chi connectivity index (χ2n) is 8.60. The number of imidazole rings is 1. The van der Waals surface area contributed by atoms with Crippen molar-refractivity contribution >= 4 is 11.9 Å². The van der Waals surface area contributed by atoms with Crippen LogP contribution in [0.3, 0.4) is 0 Å². The molecule has 2 aromatic rings. The molecule has 4 rings (SSSR count). The summed E-state index contributed by atoms with van der Waals surface area (Å²) in [5.74, 6) is -2.78. The molecule has 1 aliphatic heterocycles. The Bertz CT molecular complexity index is 994. The molecule has 1 unspecified atom stereocenters. The van der Waals surface area contributed by atoms with Crippen molar-refractivity contribution in [3.63, 3.8) is 0 Å². The summed E-state index contributed by atoms with van der Waals surface area (Å²) in [4.78, 5) is 28.8. The van der Waals surface area contributed by atoms with Crippen LogP contribution >= 0.6 is 0 Å². The monoisotopic (exact) mass is 470 g/mol. The van der Waals surface area contributed by atoms with Gasteiger partial charge in [-0.1, -0.05) is 12.8 Å². The Kier molecular flexibility index (Phi) is 7.45. The van der Waals surface area contributed by atoms with Gasteiger partial charge in [0.1, 0.15) is 0 Å². The van der Waals surface area contributed by atoms with Gasteiger partial charge in [-0.2, -0.15) is 18.3 Å². The normalized spacial score (nSPS) is 19.0. The van der Waals surface area contributed by atoms with E-state index in [-0.39, 0.29) is 11.8 Å². The molecule has 1 amide bonds. The molecule has 1 aliphatic carbocycles. The molecule has 2 N–H and O–H groups in total. The van der Waals surface area contributed by atoms with Crippen molar-refractivity contribution in [1.82, 2.24) is 29.5 Å². The smallest absolute Gasteiger partial charge is 0.475 e. The van der Waals surface area contributed by atoms with Crippen LogP contribution in [0, 0.1) is 6.92 Å². The van der Waals surface area contributed by atoms with E-state index in [1.54, 1.807) is 0 Å². The number of carbonyl (C=O) groups excluding carboxylic acids is 1. The Morgan fingerprint density at radius 3 is 2.42 bits per heavy atom. The summed E-state index contributed by atoms with van der Waals surface area (Å²) in [6, 6.07) is 2.45. The second kappa shape index (κ2) is 9.94. The number of aliphatic carboxylic acids is 1. The van der Waals surface area contributed by atoms with E-state index < -0.39 is 12.1 Å². The van der Waals surface area contributed by atoms with Gasteiger partial charge in [0.15, 0.2) is 0 Å². The van der Waals surface area contributed by atoms with Crippen molar-refractivity contribution in [1.29, 1.82) is 0 Å². The number of carboxylic acid groups (broad SMARTS) is 1. The minimum atomic E-state index is -5.08. The molecule has 0 radical (unpaired) electrons. The van der Waals surface area contributed by atoms with Crippen molar-refractivity contribution in [2.45, 2.75) is 63.8 Å². The maximum absolute atomic E-state index is 13.0. The molecular formula is C21H29F3N6O3. The zero-order valence-corrected chi connectivity index (χ0v) is 18.9. The molecule has 0 spiro atoms. The number of alkyl halides is 3. The van der Waals surface area contributed by atoms with E-state index in [9.17, 15) is 18.0 Å². The molecule has 12 heteroatoms. The average molecular weight is 470 g/mol. The van der Waals surface area contributed by atoms with Crippen LogP contribution in [0.15, 0.2) is 12.4 Å². The minimum absolute atomic E-state index is 0.146. The molecule has 1 atom stereocenters. The quantitative estimate of drug-likeness (QED) is 0.710. The number of hydrogen-bond acceptors (Lipinski definition) is 5. The van der Waals surface area contributed by atoms with Gasteiger partial charge < -0.3 is 15.0 Å². The van der Waals surface area contributed by atoms with Crippen LogP contribution in [0.25, 0.3) is 0 Å². The van der Waals surface area contributed by atoms with Gasteiger partial charge in [0, 0.05) is 39.8 Å². The molecule has 0 saturated heterocycles. The van der Waals surface area contributed by atoms with Gasteiger partial charge in [-0.05, 0) is 25.8 Å². The maximum atomic E-state index is 13.0. The van der Waals surface area contributed by atoms with Crippen molar-refractivity contribution in [2.24, 2.45) is 14.1 Å². The fourth-order valence-electron chi connectivity index (χ4n) is 4.42. The van der Waals surface area contributed by atoms with Crippen LogP contribution in [0.2, 0.25) is 0 Å². The van der Waals surface area contributed by atoms with Crippen molar-refractivity contribution in [3.8, 4) is 0 Å². The first-order valence-electron chi connectivity index (χ1n) is 10.8. The maximum Gasteiger partial charge on any atom is 0.490 e. The number of nitrogens with zero attached hydrogens (tertiary/aromatic N) is 5. The van der Waals surface area contributed by atoms with Gasteiger partial charge in [-0.15, -0.1) is 0 Å². The van der Waals surface area contributed by atoms with Crippen molar-refractivity contribution in [2.75, 3.05) is 6.54 Å². The Balaban J connectivity index is 0.000000383. The number of nitrogens with one attached hydrogen (secondary N) is 1. The summed E-state index contributed by atoms with van der Waals surface area (Å²) in [6.45, 7) is 4.28. The highest BCUT2D eigenvalue weighted by Crippen LogP contribution is 2.29. The summed E-state index contributed by atoms with van der Waals surface area (Å²) in [6.07, 6.45) is 1.40. The minimum Gasteiger partial charge on any atom is -0.475 e. The van der Waals surface area contributed by atoms with E-state index >= 15 is 0 Å². The van der Waals surface area contributed by atoms with E-state index in [0.717, 1.165) is 55.3 Å². The fraction of sp³-hybridized carbons (Fsp3) is 0.619. The Hall–Kier alpha value is -2.89. The molecule has 3 heterocycles. The molecule has 33 heavy (non-hydrogen) atoms. The molecule has 1 fully saturated rings. The summed E-state index contributed by atoms with van der Waals surface area (Å²) in [5.41, 5.74) is 4.27. The number of hydrogen-bond donors (Lipinski definition) is 2. The second-order valence-corrected chi connectivity index (χ2v) is 8.60. The highest BCUT2D eigenvalue weighted by Gasteiger charge is 2.38. The highest BCUT2D eigenvalue weighted by molar-refractivity contribution is 5.84. The summed E-state index contributed by atoms with van der Waals surface area (Å²) >= 11 is 0. The average Bonchev–Trinajstić information content (AvgIpc) is 3.43. The number of halogens is 3. The van der Waals surface area contributed by atoms with Gasteiger partial charge >= 0.3 is 12.1 Å². The lowest BCUT2D eigenvalue weighted by molar-refractivity contribution is -0.192. The molecule has 2 aromatic heterocycles. The number of aryl methyl sites for hydroxylation is 3. The molecular weight excluding hydrogens is 441 g/mol. The standard InChI is InChI=1S/C19H28N6O.C2HF3O2/c1-13-8-15(24(3)22-13)9-25-10-16(18-17(11-25)20-12-23(18)2)19(26)21-14-6-4-5-7-14;3-2(4,5)1(6)7/h8,12,14,16H,4-7,9-11H2,1-3H3,(H,21,26);(H,6,7). The third kappa shape index (κ3) is 6.12. The molecule has 182 valence electrons. The highest BCUT2D eigenvalue weighted by atomic mass is 19.4. The van der Waals surface area contributed by atoms with E-state index in [1.807, 2.05) is 36.6 Å². The van der Waals surface area contributed by atoms with Gasteiger partial charge in [-0.3, -0.25) is 14.4 Å². The Labute approximate surface area is 189 Å². The van der Waals surface area contributed by atoms with Gasteiger partial charge in [0.25, 0.3) is 0 Å².